The van der Waals surface area contributed by atoms with Crippen molar-refractivity contribution in [3.05, 3.63) is 58.5 Å². The van der Waals surface area contributed by atoms with Crippen molar-refractivity contribution in [2.75, 3.05) is 21.3 Å². The van der Waals surface area contributed by atoms with Crippen LogP contribution in [0.5, 0.6) is 17.2 Å². The summed E-state index contributed by atoms with van der Waals surface area (Å²) in [6.45, 7) is 0.0621. The molecule has 0 unspecified atom stereocenters. The number of para-hydroxylation sites is 1. The molecule has 3 rings (SSSR count). The molecule has 0 aliphatic carbocycles. The Labute approximate surface area is 161 Å². The molecular formula is C20H21N3O5. The van der Waals surface area contributed by atoms with Crippen LogP contribution in [-0.4, -0.2) is 37.0 Å². The molecule has 8 nitrogen and oxygen atoms in total. The summed E-state index contributed by atoms with van der Waals surface area (Å²) in [7, 11) is 4.52. The van der Waals surface area contributed by atoms with Crippen LogP contribution in [0.25, 0.3) is 10.8 Å². The molecule has 1 amide bonds. The molecule has 0 atom stereocenters. The predicted octanol–water partition coefficient (Wildman–Crippen LogP) is 1.74. The molecule has 0 radical (unpaired) electrons. The van der Waals surface area contributed by atoms with Gasteiger partial charge in [0.15, 0.2) is 11.5 Å². The van der Waals surface area contributed by atoms with Gasteiger partial charge in [-0.3, -0.25) is 9.59 Å². The van der Waals surface area contributed by atoms with Crippen LogP contribution < -0.4 is 25.1 Å². The van der Waals surface area contributed by atoms with E-state index in [1.54, 1.807) is 19.2 Å². The van der Waals surface area contributed by atoms with Gasteiger partial charge in [0, 0.05) is 17.5 Å². The first-order chi connectivity index (χ1) is 13.6. The van der Waals surface area contributed by atoms with Crippen molar-refractivity contribution in [2.45, 2.75) is 13.1 Å². The smallest absolute Gasteiger partial charge is 0.279 e. The van der Waals surface area contributed by atoms with Crippen molar-refractivity contribution >= 4 is 16.7 Å². The molecule has 0 saturated heterocycles. The molecule has 0 bridgehead atoms. The van der Waals surface area contributed by atoms with Crippen LogP contribution in [0.3, 0.4) is 0 Å². The fourth-order valence-electron chi connectivity index (χ4n) is 2.93. The molecule has 0 fully saturated rings. The summed E-state index contributed by atoms with van der Waals surface area (Å²) in [5.74, 6) is 1.09. The largest absolute Gasteiger partial charge is 0.496 e. The molecule has 28 heavy (non-hydrogen) atoms. The van der Waals surface area contributed by atoms with E-state index < -0.39 is 5.56 Å². The maximum Gasteiger partial charge on any atom is 0.279 e. The maximum absolute atomic E-state index is 12.9. The number of ether oxygens (including phenoxy) is 3. The van der Waals surface area contributed by atoms with Gasteiger partial charge in [-0.1, -0.05) is 18.2 Å². The van der Waals surface area contributed by atoms with Gasteiger partial charge in [-0.05, 0) is 18.2 Å². The zero-order valence-electron chi connectivity index (χ0n) is 15.9. The monoisotopic (exact) mass is 383 g/mol. The Morgan fingerprint density at radius 3 is 2.50 bits per heavy atom. The van der Waals surface area contributed by atoms with Gasteiger partial charge in [0.2, 0.25) is 5.91 Å². The lowest BCUT2D eigenvalue weighted by Crippen LogP contribution is -2.33. The van der Waals surface area contributed by atoms with Gasteiger partial charge >= 0.3 is 0 Å². The third kappa shape index (κ3) is 3.75. The van der Waals surface area contributed by atoms with Crippen LogP contribution in [0.1, 0.15) is 5.56 Å². The molecule has 146 valence electrons. The number of amides is 1. The Hall–Kier alpha value is -3.55. The number of nitrogens with zero attached hydrogens (tertiary/aromatic N) is 2. The number of nitrogens with one attached hydrogen (secondary N) is 1. The standard InChI is InChI=1S/C20H21N3O5/c1-26-15-7-5-4-6-13(15)10-21-17(24)12-23-20(25)18-14(11-22-23)8-9-16(27-2)19(18)28-3/h4-9,11H,10,12H2,1-3H3,(H,21,24). The first-order valence-corrected chi connectivity index (χ1v) is 8.58. The lowest BCUT2D eigenvalue weighted by molar-refractivity contribution is -0.122. The van der Waals surface area contributed by atoms with Crippen molar-refractivity contribution in [3.8, 4) is 17.2 Å². The molecule has 0 aliphatic rings. The van der Waals surface area contributed by atoms with Crippen molar-refractivity contribution in [1.82, 2.24) is 15.1 Å². The van der Waals surface area contributed by atoms with Crippen LogP contribution in [0.4, 0.5) is 0 Å². The summed E-state index contributed by atoms with van der Waals surface area (Å²) in [5.41, 5.74) is 0.407. The highest BCUT2D eigenvalue weighted by Gasteiger charge is 2.16. The van der Waals surface area contributed by atoms with Crippen LogP contribution in [0, 0.1) is 0 Å². The number of methoxy groups -OCH3 is 3. The summed E-state index contributed by atoms with van der Waals surface area (Å²) in [6.07, 6.45) is 1.52. The average molecular weight is 383 g/mol. The van der Waals surface area contributed by atoms with E-state index in [1.165, 1.54) is 20.4 Å². The van der Waals surface area contributed by atoms with Gasteiger partial charge in [-0.2, -0.15) is 5.10 Å². The summed E-state index contributed by atoms with van der Waals surface area (Å²) in [4.78, 5) is 25.2. The summed E-state index contributed by atoms with van der Waals surface area (Å²) in [5, 5.41) is 7.78. The molecular weight excluding hydrogens is 362 g/mol. The van der Waals surface area contributed by atoms with Crippen LogP contribution in [0.15, 0.2) is 47.4 Å². The van der Waals surface area contributed by atoms with E-state index in [2.05, 4.69) is 10.4 Å². The van der Waals surface area contributed by atoms with Gasteiger partial charge in [0.1, 0.15) is 12.3 Å². The third-order valence-corrected chi connectivity index (χ3v) is 4.32. The normalized spacial score (nSPS) is 10.5. The highest BCUT2D eigenvalue weighted by atomic mass is 16.5. The van der Waals surface area contributed by atoms with Crippen LogP contribution in [-0.2, 0) is 17.9 Å². The van der Waals surface area contributed by atoms with Gasteiger partial charge in [-0.15, -0.1) is 0 Å². The minimum Gasteiger partial charge on any atom is -0.496 e. The molecule has 1 heterocycles. The van der Waals surface area contributed by atoms with Crippen LogP contribution >= 0.6 is 0 Å². The van der Waals surface area contributed by atoms with E-state index in [0.29, 0.717) is 28.0 Å². The number of carbonyl (C=O) groups excluding carboxylic acids is 1. The Morgan fingerprint density at radius 2 is 1.79 bits per heavy atom. The second kappa shape index (κ2) is 8.43. The quantitative estimate of drug-likeness (QED) is 0.668. The number of hydrogen-bond acceptors (Lipinski definition) is 6. The van der Waals surface area contributed by atoms with Gasteiger partial charge in [0.25, 0.3) is 5.56 Å². The molecule has 1 N–H and O–H groups in total. The lowest BCUT2D eigenvalue weighted by Gasteiger charge is -2.12. The topological polar surface area (TPSA) is 91.7 Å². The minimum absolute atomic E-state index is 0.218. The molecule has 2 aromatic carbocycles. The van der Waals surface area contributed by atoms with E-state index in [-0.39, 0.29) is 19.0 Å². The SMILES string of the molecule is COc1ccccc1CNC(=O)Cn1ncc2ccc(OC)c(OC)c2c1=O. The van der Waals surface area contributed by atoms with Crippen molar-refractivity contribution < 1.29 is 19.0 Å². The first kappa shape index (κ1) is 19.2. The number of benzene rings is 2. The Bertz CT molecular complexity index is 1060. The average Bonchev–Trinajstić information content (AvgIpc) is 2.73. The Balaban J connectivity index is 1.83. The van der Waals surface area contributed by atoms with Crippen LogP contribution in [0.2, 0.25) is 0 Å². The fraction of sp³-hybridized carbons (Fsp3) is 0.250. The van der Waals surface area contributed by atoms with E-state index in [9.17, 15) is 9.59 Å². The Kier molecular flexibility index (Phi) is 5.78. The fourth-order valence-corrected chi connectivity index (χ4v) is 2.93. The second-order valence-corrected chi connectivity index (χ2v) is 5.96. The number of fused-ring (bicyclic) bond motifs is 1. The van der Waals surface area contributed by atoms with E-state index in [0.717, 1.165) is 10.2 Å². The summed E-state index contributed by atoms with van der Waals surface area (Å²) in [6, 6.07) is 10.8. The first-order valence-electron chi connectivity index (χ1n) is 8.58. The zero-order chi connectivity index (χ0) is 20.1. The third-order valence-electron chi connectivity index (χ3n) is 4.32. The summed E-state index contributed by atoms with van der Waals surface area (Å²) < 4.78 is 17.0. The van der Waals surface area contributed by atoms with Gasteiger partial charge in [-0.25, -0.2) is 4.68 Å². The highest BCUT2D eigenvalue weighted by Crippen LogP contribution is 2.32. The molecule has 3 aromatic rings. The number of aromatic nitrogens is 2. The number of hydrogen-bond donors (Lipinski definition) is 1. The van der Waals surface area contributed by atoms with E-state index in [1.807, 2.05) is 24.3 Å². The van der Waals surface area contributed by atoms with E-state index >= 15 is 0 Å². The predicted molar refractivity (Wildman–Crippen MR) is 104 cm³/mol. The Morgan fingerprint density at radius 1 is 1.04 bits per heavy atom. The molecule has 0 spiro atoms. The highest BCUT2D eigenvalue weighted by molar-refractivity contribution is 5.89. The number of rotatable bonds is 7. The molecule has 0 saturated carbocycles. The molecule has 8 heteroatoms. The second-order valence-electron chi connectivity index (χ2n) is 5.96. The van der Waals surface area contributed by atoms with E-state index in [4.69, 9.17) is 14.2 Å². The van der Waals surface area contributed by atoms with Gasteiger partial charge < -0.3 is 19.5 Å². The summed E-state index contributed by atoms with van der Waals surface area (Å²) >= 11 is 0. The maximum atomic E-state index is 12.9. The lowest BCUT2D eigenvalue weighted by atomic mass is 10.1. The minimum atomic E-state index is -0.430. The zero-order valence-corrected chi connectivity index (χ0v) is 15.9. The number of carbonyl (C=O) groups is 1. The molecule has 0 aliphatic heterocycles. The van der Waals surface area contributed by atoms with Crippen molar-refractivity contribution in [2.24, 2.45) is 0 Å². The van der Waals surface area contributed by atoms with Crippen molar-refractivity contribution in [3.63, 3.8) is 0 Å². The van der Waals surface area contributed by atoms with Gasteiger partial charge in [0.05, 0.1) is 32.9 Å². The van der Waals surface area contributed by atoms with Crippen molar-refractivity contribution in [1.29, 1.82) is 0 Å². The molecule has 1 aromatic heterocycles.